The highest BCUT2D eigenvalue weighted by Gasteiger charge is 2.18. The average Bonchev–Trinajstić information content (AvgIpc) is 1.83. The van der Waals surface area contributed by atoms with Crippen LogP contribution in [0.4, 0.5) is 0 Å². The first-order valence-corrected chi connectivity index (χ1v) is 4.82. The van der Waals surface area contributed by atoms with Crippen LogP contribution in [0.5, 0.6) is 0 Å². The Balaban J connectivity index is 3.91. The lowest BCUT2D eigenvalue weighted by Crippen LogP contribution is -2.48. The van der Waals surface area contributed by atoms with Crippen molar-refractivity contribution in [1.82, 2.24) is 4.72 Å². The van der Waals surface area contributed by atoms with Gasteiger partial charge in [0.05, 0.1) is 0 Å². The normalized spacial score (nSPS) is 13.5. The molecule has 0 aromatic heterocycles. The molecule has 9 heteroatoms. The second-order valence-corrected chi connectivity index (χ2v) is 4.36. The lowest BCUT2D eigenvalue weighted by atomic mass is 9.82. The largest absolute Gasteiger partial charge is 0.559 e. The van der Waals surface area contributed by atoms with E-state index in [4.69, 9.17) is 26.7 Å². The van der Waals surface area contributed by atoms with Crippen molar-refractivity contribution in [3.8, 4) is 0 Å². The van der Waals surface area contributed by atoms with Crippen molar-refractivity contribution >= 4 is 28.4 Å². The second-order valence-electron chi connectivity index (χ2n) is 1.97. The molecule has 0 spiro atoms. The van der Waals surface area contributed by atoms with E-state index in [1.165, 1.54) is 0 Å². The summed E-state index contributed by atoms with van der Waals surface area (Å²) in [5.74, 6) is 0. The van der Waals surface area contributed by atoms with Gasteiger partial charge in [0.2, 0.25) is 10.0 Å². The van der Waals surface area contributed by atoms with Crippen LogP contribution in [-0.4, -0.2) is 41.9 Å². The number of sulfonamides is 1. The zero-order valence-corrected chi connectivity index (χ0v) is 7.01. The number of hydrogen-bond donors (Lipinski definition) is 4. The monoisotopic (exact) mass is 204 g/mol. The second kappa shape index (κ2) is 3.70. The Morgan fingerprint density at radius 1 is 1.36 bits per heavy atom. The van der Waals surface area contributed by atoms with Gasteiger partial charge in [-0.1, -0.05) is 0 Å². The first-order valence-electron chi connectivity index (χ1n) is 2.63. The Morgan fingerprint density at radius 2 is 1.82 bits per heavy atom. The third-order valence-corrected chi connectivity index (χ3v) is 2.48. The van der Waals surface area contributed by atoms with Gasteiger partial charge in [0.1, 0.15) is 5.21 Å². The summed E-state index contributed by atoms with van der Waals surface area (Å²) in [6.45, 7) is -3.62. The Hall–Kier alpha value is 0.145. The van der Waals surface area contributed by atoms with Crippen LogP contribution in [-0.2, 0) is 10.0 Å². The molecular weight excluding hydrogens is 196 g/mol. The van der Waals surface area contributed by atoms with Crippen molar-refractivity contribution in [2.75, 3.05) is 11.7 Å². The molecule has 0 rings (SSSR count). The van der Waals surface area contributed by atoms with E-state index in [9.17, 15) is 8.42 Å². The minimum absolute atomic E-state index is 0.695. The predicted octanol–water partition coefficient (Wildman–Crippen LogP) is -2.44. The molecule has 0 amide bonds. The molecule has 0 aromatic carbocycles. The van der Waals surface area contributed by atoms with Crippen LogP contribution in [0, 0.1) is 0 Å². The van der Waals surface area contributed by atoms with Crippen LogP contribution in [0.1, 0.15) is 0 Å². The predicted molar refractivity (Wildman–Crippen MR) is 40.1 cm³/mol. The summed E-state index contributed by atoms with van der Waals surface area (Å²) < 4.78 is 22.6. The SMILES string of the molecule is O=S(=O)(CCl)NC[B-](O)(O)O. The standard InChI is InChI=1S/C2H8BClNO5S/c4-2-11(9,10)5-1-3(6,7)8/h5-8H,1-2H2/q-1. The van der Waals surface area contributed by atoms with Crippen molar-refractivity contribution in [3.05, 3.63) is 0 Å². The Kier molecular flexibility index (Phi) is 3.75. The molecule has 0 unspecified atom stereocenters. The van der Waals surface area contributed by atoms with Crippen LogP contribution in [0.15, 0.2) is 0 Å². The number of halogens is 1. The van der Waals surface area contributed by atoms with E-state index in [0.29, 0.717) is 0 Å². The fraction of sp³-hybridized carbons (Fsp3) is 1.00. The van der Waals surface area contributed by atoms with Crippen molar-refractivity contribution < 1.29 is 23.5 Å². The van der Waals surface area contributed by atoms with Crippen molar-refractivity contribution in [2.45, 2.75) is 0 Å². The van der Waals surface area contributed by atoms with E-state index >= 15 is 0 Å². The lowest BCUT2D eigenvalue weighted by molar-refractivity contribution is 0.228. The summed E-state index contributed by atoms with van der Waals surface area (Å²) in [6.07, 6.45) is -0.852. The van der Waals surface area contributed by atoms with Gasteiger partial charge in [-0.05, 0) is 6.44 Å². The fourth-order valence-corrected chi connectivity index (χ4v) is 1.06. The van der Waals surface area contributed by atoms with Gasteiger partial charge in [-0.15, -0.1) is 11.6 Å². The molecule has 6 nitrogen and oxygen atoms in total. The summed E-state index contributed by atoms with van der Waals surface area (Å²) in [4.78, 5) is 0. The van der Waals surface area contributed by atoms with E-state index in [1.54, 1.807) is 4.72 Å². The van der Waals surface area contributed by atoms with Gasteiger partial charge in [0, 0.05) is 0 Å². The Bertz CT molecular complexity index is 209. The third kappa shape index (κ3) is 6.54. The van der Waals surface area contributed by atoms with Gasteiger partial charge in [-0.3, -0.25) is 0 Å². The van der Waals surface area contributed by atoms with Gasteiger partial charge in [-0.25, -0.2) is 13.1 Å². The van der Waals surface area contributed by atoms with Crippen LogP contribution >= 0.6 is 11.6 Å². The maximum Gasteiger partial charge on any atom is 0.386 e. The van der Waals surface area contributed by atoms with Crippen LogP contribution in [0.3, 0.4) is 0 Å². The molecule has 0 aliphatic heterocycles. The van der Waals surface area contributed by atoms with E-state index in [-0.39, 0.29) is 0 Å². The number of rotatable bonds is 4. The summed E-state index contributed by atoms with van der Waals surface area (Å²) in [6, 6.07) is 0. The van der Waals surface area contributed by atoms with Crippen molar-refractivity contribution in [3.63, 3.8) is 0 Å². The summed E-state index contributed by atoms with van der Waals surface area (Å²) >= 11 is 4.93. The topological polar surface area (TPSA) is 107 Å². The van der Waals surface area contributed by atoms with Gasteiger partial charge < -0.3 is 15.1 Å². The van der Waals surface area contributed by atoms with E-state index in [1.807, 2.05) is 0 Å². The quantitative estimate of drug-likeness (QED) is 0.301. The highest BCUT2D eigenvalue weighted by Crippen LogP contribution is 1.89. The molecule has 0 fully saturated rings. The molecule has 11 heavy (non-hydrogen) atoms. The van der Waals surface area contributed by atoms with E-state index < -0.39 is 28.4 Å². The smallest absolute Gasteiger partial charge is 0.386 e. The highest BCUT2D eigenvalue weighted by molar-refractivity contribution is 7.90. The van der Waals surface area contributed by atoms with Crippen LogP contribution < -0.4 is 4.72 Å². The zero-order valence-electron chi connectivity index (χ0n) is 5.44. The Morgan fingerprint density at radius 3 is 2.09 bits per heavy atom. The van der Waals surface area contributed by atoms with Crippen molar-refractivity contribution in [2.24, 2.45) is 0 Å². The van der Waals surface area contributed by atoms with Crippen molar-refractivity contribution in [1.29, 1.82) is 0 Å². The lowest BCUT2D eigenvalue weighted by Gasteiger charge is -2.19. The van der Waals surface area contributed by atoms with E-state index in [0.717, 1.165) is 0 Å². The minimum atomic E-state index is -3.70. The highest BCUT2D eigenvalue weighted by atomic mass is 35.5. The van der Waals surface area contributed by atoms with Crippen LogP contribution in [0.2, 0.25) is 0 Å². The van der Waals surface area contributed by atoms with Gasteiger partial charge in [0.15, 0.2) is 0 Å². The molecule has 0 heterocycles. The molecule has 0 aliphatic rings. The summed E-state index contributed by atoms with van der Waals surface area (Å²) in [5, 5.41) is 24.1. The molecular formula is C2H8BClNO5S-. The first-order chi connectivity index (χ1) is 4.77. The molecule has 68 valence electrons. The maximum atomic E-state index is 10.5. The molecule has 0 saturated carbocycles. The fourth-order valence-electron chi connectivity index (χ4n) is 0.277. The molecule has 0 bridgehead atoms. The minimum Gasteiger partial charge on any atom is -0.559 e. The first kappa shape index (κ1) is 11.1. The average molecular weight is 204 g/mol. The van der Waals surface area contributed by atoms with Gasteiger partial charge in [0.25, 0.3) is 0 Å². The third-order valence-electron chi connectivity index (χ3n) is 0.721. The van der Waals surface area contributed by atoms with Crippen LogP contribution in [0.25, 0.3) is 0 Å². The zero-order chi connectivity index (χ0) is 9.12. The Labute approximate surface area is 68.9 Å². The molecule has 0 saturated heterocycles. The molecule has 0 aliphatic carbocycles. The summed E-state index contributed by atoms with van der Waals surface area (Å²) in [5.41, 5.74) is 0. The number of hydrogen-bond acceptors (Lipinski definition) is 5. The number of nitrogens with one attached hydrogen (secondary N) is 1. The van der Waals surface area contributed by atoms with E-state index in [2.05, 4.69) is 0 Å². The number of alkyl halides is 1. The molecule has 0 aromatic rings. The summed E-state index contributed by atoms with van der Waals surface area (Å²) in [7, 11) is -3.70. The molecule has 0 radical (unpaired) electrons. The molecule has 4 N–H and O–H groups in total. The van der Waals surface area contributed by atoms with Gasteiger partial charge in [-0.2, -0.15) is 0 Å². The van der Waals surface area contributed by atoms with Gasteiger partial charge >= 0.3 is 6.75 Å². The molecule has 0 atom stereocenters. The maximum absolute atomic E-state index is 10.5.